The fraction of sp³-hybridized carbons (Fsp3) is 0.238. The molecule has 0 N–H and O–H groups in total. The summed E-state index contributed by atoms with van der Waals surface area (Å²) in [5.74, 6) is 0.765. The molecular formula is C21H21N3O2. The molecular weight excluding hydrogens is 326 g/mol. The molecule has 1 amide bonds. The standard InChI is InChI=1S/C21H21N3O2/c1-16-22-18(15-26-16)13-23-11-12-24(21(25)14-23)20-10-6-5-9-19(20)17-7-3-2-4-8-17/h2-10,15H,11-14H2,1H3. The van der Waals surface area contributed by atoms with Gasteiger partial charge in [-0.15, -0.1) is 0 Å². The number of rotatable bonds is 4. The molecule has 0 unspecified atom stereocenters. The van der Waals surface area contributed by atoms with E-state index in [1.54, 1.807) is 6.26 Å². The zero-order valence-electron chi connectivity index (χ0n) is 14.8. The monoisotopic (exact) mass is 347 g/mol. The predicted molar refractivity (Wildman–Crippen MR) is 101 cm³/mol. The van der Waals surface area contributed by atoms with Gasteiger partial charge >= 0.3 is 0 Å². The number of aromatic nitrogens is 1. The number of oxazole rings is 1. The number of hydrogen-bond acceptors (Lipinski definition) is 4. The van der Waals surface area contributed by atoms with Gasteiger partial charge in [-0.3, -0.25) is 9.69 Å². The van der Waals surface area contributed by atoms with Crippen LogP contribution in [0, 0.1) is 6.92 Å². The minimum atomic E-state index is 0.111. The van der Waals surface area contributed by atoms with E-state index in [1.165, 1.54) is 0 Å². The Morgan fingerprint density at radius 1 is 1.04 bits per heavy atom. The van der Waals surface area contributed by atoms with Gasteiger partial charge in [-0.05, 0) is 11.6 Å². The summed E-state index contributed by atoms with van der Waals surface area (Å²) in [5.41, 5.74) is 4.05. The smallest absolute Gasteiger partial charge is 0.241 e. The number of anilines is 1. The number of para-hydroxylation sites is 1. The Morgan fingerprint density at radius 2 is 1.81 bits per heavy atom. The van der Waals surface area contributed by atoms with Crippen molar-refractivity contribution in [3.05, 3.63) is 72.4 Å². The number of aryl methyl sites for hydroxylation is 1. The van der Waals surface area contributed by atoms with Gasteiger partial charge in [0.05, 0.1) is 17.9 Å². The van der Waals surface area contributed by atoms with E-state index in [2.05, 4.69) is 28.1 Å². The Hall–Kier alpha value is -2.92. The van der Waals surface area contributed by atoms with Gasteiger partial charge in [0.2, 0.25) is 5.91 Å². The van der Waals surface area contributed by atoms with E-state index in [0.29, 0.717) is 25.5 Å². The van der Waals surface area contributed by atoms with Gasteiger partial charge in [0, 0.05) is 32.1 Å². The molecule has 0 radical (unpaired) electrons. The van der Waals surface area contributed by atoms with Gasteiger partial charge < -0.3 is 9.32 Å². The third-order valence-corrected chi connectivity index (χ3v) is 4.63. The fourth-order valence-electron chi connectivity index (χ4n) is 3.39. The van der Waals surface area contributed by atoms with Gasteiger partial charge in [0.25, 0.3) is 0 Å². The Labute approximate surface area is 152 Å². The number of carbonyl (C=O) groups is 1. The van der Waals surface area contributed by atoms with Crippen molar-refractivity contribution in [2.45, 2.75) is 13.5 Å². The Kier molecular flexibility index (Phi) is 4.54. The summed E-state index contributed by atoms with van der Waals surface area (Å²) >= 11 is 0. The van der Waals surface area contributed by atoms with Crippen molar-refractivity contribution in [2.24, 2.45) is 0 Å². The molecule has 5 nitrogen and oxygen atoms in total. The molecule has 0 atom stereocenters. The first-order chi connectivity index (χ1) is 12.7. The maximum atomic E-state index is 12.8. The molecule has 4 rings (SSSR count). The van der Waals surface area contributed by atoms with E-state index in [0.717, 1.165) is 29.1 Å². The summed E-state index contributed by atoms with van der Waals surface area (Å²) in [6, 6.07) is 18.3. The van der Waals surface area contributed by atoms with Crippen LogP contribution in [0.4, 0.5) is 5.69 Å². The Morgan fingerprint density at radius 3 is 2.54 bits per heavy atom. The number of carbonyl (C=O) groups excluding carboxylic acids is 1. The van der Waals surface area contributed by atoms with Gasteiger partial charge in [-0.1, -0.05) is 48.5 Å². The summed E-state index contributed by atoms with van der Waals surface area (Å²) in [5, 5.41) is 0. The summed E-state index contributed by atoms with van der Waals surface area (Å²) in [7, 11) is 0. The van der Waals surface area contributed by atoms with Crippen LogP contribution >= 0.6 is 0 Å². The molecule has 5 heteroatoms. The predicted octanol–water partition coefficient (Wildman–Crippen LogP) is 3.50. The van der Waals surface area contributed by atoms with Crippen molar-refractivity contribution in [3.8, 4) is 11.1 Å². The van der Waals surface area contributed by atoms with Crippen LogP contribution in [0.3, 0.4) is 0 Å². The highest BCUT2D eigenvalue weighted by Crippen LogP contribution is 2.31. The first kappa shape index (κ1) is 16.5. The van der Waals surface area contributed by atoms with Crippen LogP contribution in [-0.2, 0) is 11.3 Å². The molecule has 3 aromatic rings. The third kappa shape index (κ3) is 3.39. The molecule has 0 saturated carbocycles. The van der Waals surface area contributed by atoms with Crippen LogP contribution in [0.1, 0.15) is 11.6 Å². The second-order valence-corrected chi connectivity index (χ2v) is 6.50. The largest absolute Gasteiger partial charge is 0.449 e. The fourth-order valence-corrected chi connectivity index (χ4v) is 3.39. The summed E-state index contributed by atoms with van der Waals surface area (Å²) in [6.45, 7) is 4.32. The molecule has 0 spiro atoms. The van der Waals surface area contributed by atoms with Crippen LogP contribution < -0.4 is 4.90 Å². The minimum Gasteiger partial charge on any atom is -0.449 e. The lowest BCUT2D eigenvalue weighted by molar-refractivity contribution is -0.121. The third-order valence-electron chi connectivity index (χ3n) is 4.63. The average molecular weight is 347 g/mol. The van der Waals surface area contributed by atoms with Crippen molar-refractivity contribution in [3.63, 3.8) is 0 Å². The van der Waals surface area contributed by atoms with E-state index < -0.39 is 0 Å². The maximum absolute atomic E-state index is 12.8. The molecule has 1 fully saturated rings. The van der Waals surface area contributed by atoms with Crippen LogP contribution in [-0.4, -0.2) is 35.4 Å². The molecule has 1 aromatic heterocycles. The normalized spacial score (nSPS) is 15.4. The van der Waals surface area contributed by atoms with E-state index in [1.807, 2.05) is 48.2 Å². The zero-order chi connectivity index (χ0) is 17.9. The Bertz CT molecular complexity index is 904. The van der Waals surface area contributed by atoms with Gasteiger partial charge in [0.15, 0.2) is 5.89 Å². The molecule has 132 valence electrons. The number of hydrogen-bond donors (Lipinski definition) is 0. The lowest BCUT2D eigenvalue weighted by Gasteiger charge is -2.35. The molecule has 2 aromatic carbocycles. The van der Waals surface area contributed by atoms with Crippen molar-refractivity contribution in [2.75, 3.05) is 24.5 Å². The van der Waals surface area contributed by atoms with E-state index in [4.69, 9.17) is 4.42 Å². The minimum absolute atomic E-state index is 0.111. The van der Waals surface area contributed by atoms with Crippen LogP contribution in [0.2, 0.25) is 0 Å². The number of piperazine rings is 1. The molecule has 2 heterocycles. The van der Waals surface area contributed by atoms with Gasteiger partial charge in [-0.25, -0.2) is 4.98 Å². The quantitative estimate of drug-likeness (QED) is 0.725. The van der Waals surface area contributed by atoms with E-state index in [9.17, 15) is 4.79 Å². The van der Waals surface area contributed by atoms with Crippen molar-refractivity contribution < 1.29 is 9.21 Å². The topological polar surface area (TPSA) is 49.6 Å². The second-order valence-electron chi connectivity index (χ2n) is 6.50. The molecule has 1 saturated heterocycles. The van der Waals surface area contributed by atoms with Crippen LogP contribution in [0.25, 0.3) is 11.1 Å². The van der Waals surface area contributed by atoms with Crippen molar-refractivity contribution in [1.29, 1.82) is 0 Å². The molecule has 0 bridgehead atoms. The highest BCUT2D eigenvalue weighted by molar-refractivity contribution is 5.99. The Balaban J connectivity index is 1.53. The summed E-state index contributed by atoms with van der Waals surface area (Å²) in [6.07, 6.45) is 1.66. The van der Waals surface area contributed by atoms with Gasteiger partial charge in [0.1, 0.15) is 6.26 Å². The summed E-state index contributed by atoms with van der Waals surface area (Å²) < 4.78 is 5.25. The number of amides is 1. The first-order valence-electron chi connectivity index (χ1n) is 8.79. The lowest BCUT2D eigenvalue weighted by Crippen LogP contribution is -2.50. The second kappa shape index (κ2) is 7.14. The SMILES string of the molecule is Cc1nc(CN2CCN(c3ccccc3-c3ccccc3)C(=O)C2)co1. The highest BCUT2D eigenvalue weighted by Gasteiger charge is 2.27. The lowest BCUT2D eigenvalue weighted by atomic mass is 10.0. The van der Waals surface area contributed by atoms with E-state index in [-0.39, 0.29) is 5.91 Å². The van der Waals surface area contributed by atoms with E-state index >= 15 is 0 Å². The highest BCUT2D eigenvalue weighted by atomic mass is 16.3. The van der Waals surface area contributed by atoms with Crippen molar-refractivity contribution in [1.82, 2.24) is 9.88 Å². The molecule has 0 aliphatic carbocycles. The maximum Gasteiger partial charge on any atom is 0.241 e. The van der Waals surface area contributed by atoms with Crippen LogP contribution in [0.5, 0.6) is 0 Å². The number of nitrogens with zero attached hydrogens (tertiary/aromatic N) is 3. The first-order valence-corrected chi connectivity index (χ1v) is 8.79. The molecule has 1 aliphatic rings. The van der Waals surface area contributed by atoms with Crippen LogP contribution in [0.15, 0.2) is 65.3 Å². The number of benzene rings is 2. The summed E-state index contributed by atoms with van der Waals surface area (Å²) in [4.78, 5) is 21.2. The molecule has 1 aliphatic heterocycles. The van der Waals surface area contributed by atoms with Crippen molar-refractivity contribution >= 4 is 11.6 Å². The molecule has 26 heavy (non-hydrogen) atoms. The average Bonchev–Trinajstić information content (AvgIpc) is 3.07. The van der Waals surface area contributed by atoms with Gasteiger partial charge in [-0.2, -0.15) is 0 Å². The zero-order valence-corrected chi connectivity index (χ0v) is 14.8.